The van der Waals surface area contributed by atoms with Crippen LogP contribution in [0.5, 0.6) is 5.75 Å². The Balaban J connectivity index is 1.92. The number of hydrazine groups is 1. The van der Waals surface area contributed by atoms with Crippen LogP contribution in [0.2, 0.25) is 0 Å². The van der Waals surface area contributed by atoms with Crippen LogP contribution in [-0.4, -0.2) is 41.4 Å². The van der Waals surface area contributed by atoms with Crippen molar-refractivity contribution in [2.45, 2.75) is 37.1 Å². The van der Waals surface area contributed by atoms with Gasteiger partial charge in [-0.2, -0.15) is 0 Å². The average molecular weight is 397 g/mol. The third-order valence-electron chi connectivity index (χ3n) is 4.19. The van der Waals surface area contributed by atoms with E-state index in [-0.39, 0.29) is 18.2 Å². The number of carbonyl (C=O) groups excluding carboxylic acids is 1. The van der Waals surface area contributed by atoms with Gasteiger partial charge in [0.05, 0.1) is 22.7 Å². The van der Waals surface area contributed by atoms with Gasteiger partial charge in [-0.25, -0.2) is 5.01 Å². The second kappa shape index (κ2) is 6.69. The molecule has 27 heavy (non-hydrogen) atoms. The van der Waals surface area contributed by atoms with Crippen molar-refractivity contribution in [3.63, 3.8) is 0 Å². The van der Waals surface area contributed by atoms with Crippen molar-refractivity contribution in [2.24, 2.45) is 0 Å². The van der Waals surface area contributed by atoms with Crippen LogP contribution < -0.4 is 10.1 Å². The first-order valence-electron chi connectivity index (χ1n) is 8.09. The van der Waals surface area contributed by atoms with E-state index in [0.29, 0.717) is 21.9 Å². The van der Waals surface area contributed by atoms with Gasteiger partial charge in [0.1, 0.15) is 5.75 Å². The van der Waals surface area contributed by atoms with Crippen molar-refractivity contribution in [3.05, 3.63) is 28.8 Å². The lowest BCUT2D eigenvalue weighted by Crippen LogP contribution is -2.59. The molecule has 1 amide bonds. The minimum atomic E-state index is -4.77. The van der Waals surface area contributed by atoms with E-state index in [0.717, 1.165) is 17.5 Å². The molecule has 144 valence electrons. The molecule has 0 aromatic heterocycles. The lowest BCUT2D eigenvalue weighted by atomic mass is 9.93. The lowest BCUT2D eigenvalue weighted by molar-refractivity contribution is -0.274. The molecule has 0 fully saturated rings. The van der Waals surface area contributed by atoms with Gasteiger partial charge in [0.25, 0.3) is 5.91 Å². The molecule has 0 unspecified atom stereocenters. The largest absolute Gasteiger partial charge is 0.573 e. The Morgan fingerprint density at radius 3 is 2.78 bits per heavy atom. The Morgan fingerprint density at radius 1 is 1.44 bits per heavy atom. The summed E-state index contributed by atoms with van der Waals surface area (Å²) in [6, 6.07) is 4.03. The van der Waals surface area contributed by atoms with Crippen LogP contribution in [0.25, 0.3) is 0 Å². The topological polar surface area (TPSA) is 44.8 Å². The molecule has 1 aromatic carbocycles. The van der Waals surface area contributed by atoms with Gasteiger partial charge >= 0.3 is 6.36 Å². The third-order valence-corrected chi connectivity index (χ3v) is 5.37. The molecule has 5 nitrogen and oxygen atoms in total. The molecule has 0 saturated heterocycles. The van der Waals surface area contributed by atoms with Crippen molar-refractivity contribution in [2.75, 3.05) is 18.9 Å². The van der Waals surface area contributed by atoms with Crippen molar-refractivity contribution < 1.29 is 22.7 Å². The molecule has 9 heteroatoms. The number of nitrogens with one attached hydrogen (secondary N) is 1. The van der Waals surface area contributed by atoms with Crippen LogP contribution in [0.15, 0.2) is 33.7 Å². The lowest BCUT2D eigenvalue weighted by Gasteiger charge is -2.48. The van der Waals surface area contributed by atoms with Crippen LogP contribution in [0.4, 0.5) is 18.9 Å². The molecular formula is C18H18F3N3O2S. The van der Waals surface area contributed by atoms with Gasteiger partial charge in [-0.3, -0.25) is 9.80 Å². The van der Waals surface area contributed by atoms with Crippen LogP contribution >= 0.6 is 11.8 Å². The normalized spacial score (nSPS) is 18.6. The number of ether oxygens (including phenoxy) is 1. The van der Waals surface area contributed by atoms with E-state index in [9.17, 15) is 18.0 Å². The standard InChI is InChI=1S/C18H18F3N3O2S/c1-5-8-23(4)24-16(25)15-13(10-17(24,2)3)22-12-7-6-11(9-14(12)27-15)26-18(19,20)21/h1,6-7,9,22H,8,10H2,2-4H3. The number of halogens is 3. The van der Waals surface area contributed by atoms with Gasteiger partial charge < -0.3 is 10.1 Å². The number of anilines is 1. The summed E-state index contributed by atoms with van der Waals surface area (Å²) in [6.07, 6.45) is 1.15. The van der Waals surface area contributed by atoms with Gasteiger partial charge in [-0.15, -0.1) is 19.6 Å². The third kappa shape index (κ3) is 3.87. The van der Waals surface area contributed by atoms with Crippen LogP contribution in [0, 0.1) is 12.3 Å². The monoisotopic (exact) mass is 397 g/mol. The second-order valence-corrected chi connectivity index (χ2v) is 7.92. The van der Waals surface area contributed by atoms with Crippen LogP contribution in [0.1, 0.15) is 20.3 Å². The first-order chi connectivity index (χ1) is 12.5. The summed E-state index contributed by atoms with van der Waals surface area (Å²) < 4.78 is 41.4. The second-order valence-electron chi connectivity index (χ2n) is 6.87. The van der Waals surface area contributed by atoms with E-state index in [1.807, 2.05) is 13.8 Å². The molecule has 0 bridgehead atoms. The van der Waals surface area contributed by atoms with Crippen molar-refractivity contribution in [1.29, 1.82) is 0 Å². The number of thioether (sulfide) groups is 1. The van der Waals surface area contributed by atoms with E-state index in [1.54, 1.807) is 17.1 Å². The first-order valence-corrected chi connectivity index (χ1v) is 8.90. The molecule has 2 aliphatic heterocycles. The van der Waals surface area contributed by atoms with Crippen molar-refractivity contribution >= 4 is 23.4 Å². The molecule has 1 N–H and O–H groups in total. The summed E-state index contributed by atoms with van der Waals surface area (Å²) >= 11 is 1.13. The number of benzene rings is 1. The van der Waals surface area contributed by atoms with Gasteiger partial charge in [0, 0.05) is 24.1 Å². The zero-order valence-corrected chi connectivity index (χ0v) is 15.8. The maximum atomic E-state index is 13.1. The van der Waals surface area contributed by atoms with Gasteiger partial charge in [0.2, 0.25) is 0 Å². The van der Waals surface area contributed by atoms with E-state index >= 15 is 0 Å². The predicted molar refractivity (Wildman–Crippen MR) is 96.6 cm³/mol. The predicted octanol–water partition coefficient (Wildman–Crippen LogP) is 3.81. The van der Waals surface area contributed by atoms with Gasteiger partial charge in [0.15, 0.2) is 0 Å². The smallest absolute Gasteiger partial charge is 0.406 e. The summed E-state index contributed by atoms with van der Waals surface area (Å²) in [6.45, 7) is 4.13. The minimum absolute atomic E-state index is 0.246. The number of rotatable bonds is 3. The molecule has 0 atom stereocenters. The maximum Gasteiger partial charge on any atom is 0.573 e. The average Bonchev–Trinajstić information content (AvgIpc) is 2.51. The zero-order chi connectivity index (χ0) is 20.0. The summed E-state index contributed by atoms with van der Waals surface area (Å²) in [5, 5.41) is 6.45. The summed E-state index contributed by atoms with van der Waals surface area (Å²) in [5.74, 6) is 1.94. The maximum absolute atomic E-state index is 13.1. The SMILES string of the molecule is C#CCN(C)N1C(=O)C2=C(CC1(C)C)Nc1ccc(OC(F)(F)F)cc1S2. The van der Waals surface area contributed by atoms with Crippen LogP contribution in [-0.2, 0) is 4.79 Å². The van der Waals surface area contributed by atoms with Gasteiger partial charge in [-0.05, 0) is 32.0 Å². The van der Waals surface area contributed by atoms with Crippen molar-refractivity contribution in [1.82, 2.24) is 10.0 Å². The Labute approximate surface area is 159 Å². The number of hydrogen-bond donors (Lipinski definition) is 1. The molecule has 0 saturated carbocycles. The Kier molecular flexibility index (Phi) is 4.82. The first kappa shape index (κ1) is 19.5. The molecule has 1 aromatic rings. The Hall–Kier alpha value is -2.31. The summed E-state index contributed by atoms with van der Waals surface area (Å²) in [5.41, 5.74) is 0.881. The quantitative estimate of drug-likeness (QED) is 0.786. The number of fused-ring (bicyclic) bond motifs is 1. The van der Waals surface area contributed by atoms with E-state index in [4.69, 9.17) is 6.42 Å². The number of hydrogen-bond acceptors (Lipinski definition) is 5. The minimum Gasteiger partial charge on any atom is -0.406 e. The molecule has 0 radical (unpaired) electrons. The van der Waals surface area contributed by atoms with E-state index < -0.39 is 11.9 Å². The molecule has 2 heterocycles. The molecule has 0 spiro atoms. The van der Waals surface area contributed by atoms with E-state index in [2.05, 4.69) is 16.0 Å². The van der Waals surface area contributed by atoms with Crippen LogP contribution in [0.3, 0.4) is 0 Å². The molecule has 2 aliphatic rings. The van der Waals surface area contributed by atoms with Gasteiger partial charge in [-0.1, -0.05) is 17.7 Å². The highest BCUT2D eigenvalue weighted by Crippen LogP contribution is 2.47. The fourth-order valence-corrected chi connectivity index (χ4v) is 4.32. The number of amides is 1. The Bertz CT molecular complexity index is 858. The number of alkyl halides is 3. The fourth-order valence-electron chi connectivity index (χ4n) is 3.27. The molecule has 0 aliphatic carbocycles. The number of terminal acetylenes is 1. The highest BCUT2D eigenvalue weighted by Gasteiger charge is 2.44. The zero-order valence-electron chi connectivity index (χ0n) is 15.0. The van der Waals surface area contributed by atoms with E-state index in [1.165, 1.54) is 18.2 Å². The fraction of sp³-hybridized carbons (Fsp3) is 0.389. The number of nitrogens with zero attached hydrogens (tertiary/aromatic N) is 2. The number of carbonyl (C=O) groups is 1. The highest BCUT2D eigenvalue weighted by atomic mass is 32.2. The summed E-state index contributed by atoms with van der Waals surface area (Å²) in [7, 11) is 1.73. The van der Waals surface area contributed by atoms with Crippen molar-refractivity contribution in [3.8, 4) is 18.1 Å². The molecule has 3 rings (SSSR count). The summed E-state index contributed by atoms with van der Waals surface area (Å²) in [4.78, 5) is 14.0. The highest BCUT2D eigenvalue weighted by molar-refractivity contribution is 8.04. The Morgan fingerprint density at radius 2 is 2.15 bits per heavy atom. The molecular weight excluding hydrogens is 379 g/mol.